The predicted octanol–water partition coefficient (Wildman–Crippen LogP) is 1.74. The van der Waals surface area contributed by atoms with E-state index in [2.05, 4.69) is 30.9 Å². The molecule has 0 aliphatic carbocycles. The van der Waals surface area contributed by atoms with E-state index >= 15 is 0 Å². The molecule has 0 unspecified atom stereocenters. The molecule has 0 saturated carbocycles. The Morgan fingerprint density at radius 1 is 1.08 bits per heavy atom. The van der Waals surface area contributed by atoms with Crippen LogP contribution < -0.4 is 21.7 Å². The van der Waals surface area contributed by atoms with E-state index in [0.717, 1.165) is 5.56 Å². The summed E-state index contributed by atoms with van der Waals surface area (Å²) in [5, 5.41) is 10.2. The lowest BCUT2D eigenvalue weighted by molar-refractivity contribution is -0.118. The first kappa shape index (κ1) is 20.2. The van der Waals surface area contributed by atoms with Gasteiger partial charge in [-0.1, -0.05) is 35.5 Å². The number of thioether (sulfide) groups is 1. The van der Waals surface area contributed by atoms with Crippen molar-refractivity contribution in [1.29, 1.82) is 0 Å². The van der Waals surface area contributed by atoms with Gasteiger partial charge in [0.15, 0.2) is 5.16 Å². The molecule has 8 nitrogen and oxygen atoms in total. The van der Waals surface area contributed by atoms with Crippen molar-refractivity contribution in [2.24, 2.45) is 5.73 Å². The number of carbonyl (C=O) groups excluding carboxylic acids is 1. The molecular formula is C16H22ClN7OS. The highest BCUT2D eigenvalue weighted by Gasteiger charge is 2.07. The summed E-state index contributed by atoms with van der Waals surface area (Å²) in [7, 11) is 0. The fourth-order valence-electron chi connectivity index (χ4n) is 1.90. The summed E-state index contributed by atoms with van der Waals surface area (Å²) in [6.45, 7) is 3.52. The summed E-state index contributed by atoms with van der Waals surface area (Å²) in [5.41, 5.74) is 6.64. The third kappa shape index (κ3) is 7.42. The number of rotatable bonds is 10. The number of halogens is 1. The molecule has 2 rings (SSSR count). The minimum atomic E-state index is -0.0769. The highest BCUT2D eigenvalue weighted by Crippen LogP contribution is 2.22. The first-order valence-electron chi connectivity index (χ1n) is 8.12. The lowest BCUT2D eigenvalue weighted by atomic mass is 10.2. The Labute approximate surface area is 161 Å². The SMILES string of the molecule is CC(=O)NCCNc1nc(NCCN)nc(SCc2ccc(Cl)cc2)n1. The molecule has 0 spiro atoms. The zero-order chi connectivity index (χ0) is 18.8. The predicted molar refractivity (Wildman–Crippen MR) is 106 cm³/mol. The van der Waals surface area contributed by atoms with E-state index in [1.54, 1.807) is 0 Å². The number of hydrogen-bond donors (Lipinski definition) is 4. The molecule has 0 bridgehead atoms. The Balaban J connectivity index is 2.01. The average molecular weight is 396 g/mol. The van der Waals surface area contributed by atoms with E-state index in [1.807, 2.05) is 24.3 Å². The standard InChI is InChI=1S/C16H22ClN7OS/c1-11(25)19-8-9-21-15-22-14(20-7-6-18)23-16(24-15)26-10-12-2-4-13(17)5-3-12/h2-5H,6-10,18H2,1H3,(H,19,25)(H2,20,21,22,23,24). The largest absolute Gasteiger partial charge is 0.355 e. The number of aromatic nitrogens is 3. The van der Waals surface area contributed by atoms with Crippen LogP contribution in [0, 0.1) is 0 Å². The van der Waals surface area contributed by atoms with Crippen LogP contribution in [-0.2, 0) is 10.5 Å². The second kappa shape index (κ2) is 10.8. The molecule has 2 aromatic rings. The monoisotopic (exact) mass is 395 g/mol. The quantitative estimate of drug-likeness (QED) is 0.355. The van der Waals surface area contributed by atoms with Crippen LogP contribution >= 0.6 is 23.4 Å². The molecule has 5 N–H and O–H groups in total. The lowest BCUT2D eigenvalue weighted by Crippen LogP contribution is -2.27. The van der Waals surface area contributed by atoms with Gasteiger partial charge in [0.05, 0.1) is 0 Å². The van der Waals surface area contributed by atoms with Crippen LogP contribution in [0.2, 0.25) is 5.02 Å². The number of nitrogens with zero attached hydrogens (tertiary/aromatic N) is 3. The summed E-state index contributed by atoms with van der Waals surface area (Å²) in [4.78, 5) is 24.0. The van der Waals surface area contributed by atoms with Crippen LogP contribution in [0.3, 0.4) is 0 Å². The Morgan fingerprint density at radius 2 is 1.73 bits per heavy atom. The molecule has 1 heterocycles. The van der Waals surface area contributed by atoms with Gasteiger partial charge in [0, 0.05) is 43.9 Å². The molecule has 10 heteroatoms. The molecule has 26 heavy (non-hydrogen) atoms. The number of carbonyl (C=O) groups is 1. The van der Waals surface area contributed by atoms with Crippen LogP contribution in [0.15, 0.2) is 29.4 Å². The Bertz CT molecular complexity index is 714. The zero-order valence-corrected chi connectivity index (χ0v) is 16.0. The summed E-state index contributed by atoms with van der Waals surface area (Å²) in [6, 6.07) is 7.65. The molecule has 0 saturated heterocycles. The molecule has 0 radical (unpaired) electrons. The van der Waals surface area contributed by atoms with Crippen LogP contribution in [0.1, 0.15) is 12.5 Å². The van der Waals surface area contributed by atoms with Gasteiger partial charge in [-0.3, -0.25) is 4.79 Å². The number of amides is 1. The van der Waals surface area contributed by atoms with Gasteiger partial charge >= 0.3 is 0 Å². The van der Waals surface area contributed by atoms with Gasteiger partial charge in [-0.2, -0.15) is 15.0 Å². The molecule has 1 aromatic carbocycles. The number of hydrogen-bond acceptors (Lipinski definition) is 8. The summed E-state index contributed by atoms with van der Waals surface area (Å²) < 4.78 is 0. The van der Waals surface area contributed by atoms with Crippen LogP contribution in [0.25, 0.3) is 0 Å². The smallest absolute Gasteiger partial charge is 0.228 e. The second-order valence-electron chi connectivity index (χ2n) is 5.31. The van der Waals surface area contributed by atoms with Crippen LogP contribution in [0.5, 0.6) is 0 Å². The lowest BCUT2D eigenvalue weighted by Gasteiger charge is -2.10. The fourth-order valence-corrected chi connectivity index (χ4v) is 2.82. The normalized spacial score (nSPS) is 10.4. The van der Waals surface area contributed by atoms with Crippen LogP contribution in [0.4, 0.5) is 11.9 Å². The van der Waals surface area contributed by atoms with Gasteiger partial charge in [-0.15, -0.1) is 0 Å². The third-order valence-electron chi connectivity index (χ3n) is 3.11. The molecule has 140 valence electrons. The van der Waals surface area contributed by atoms with E-state index in [1.165, 1.54) is 18.7 Å². The number of anilines is 2. The highest BCUT2D eigenvalue weighted by molar-refractivity contribution is 7.98. The first-order chi connectivity index (χ1) is 12.6. The van der Waals surface area contributed by atoms with Crippen molar-refractivity contribution in [2.75, 3.05) is 36.8 Å². The molecule has 0 fully saturated rings. The van der Waals surface area contributed by atoms with Gasteiger partial charge < -0.3 is 21.7 Å². The van der Waals surface area contributed by atoms with Crippen molar-refractivity contribution in [3.63, 3.8) is 0 Å². The van der Waals surface area contributed by atoms with Gasteiger partial charge in [0.2, 0.25) is 17.8 Å². The Hall–Kier alpha value is -2.10. The maximum Gasteiger partial charge on any atom is 0.228 e. The van der Waals surface area contributed by atoms with Crippen molar-refractivity contribution in [2.45, 2.75) is 17.8 Å². The molecule has 1 aromatic heterocycles. The van der Waals surface area contributed by atoms with Crippen LogP contribution in [-0.4, -0.2) is 47.0 Å². The summed E-state index contributed by atoms with van der Waals surface area (Å²) in [5.74, 6) is 1.55. The number of nitrogens with one attached hydrogen (secondary N) is 3. The van der Waals surface area contributed by atoms with E-state index in [0.29, 0.717) is 54.0 Å². The maximum absolute atomic E-state index is 10.9. The third-order valence-corrected chi connectivity index (χ3v) is 4.28. The summed E-state index contributed by atoms with van der Waals surface area (Å²) >= 11 is 7.41. The second-order valence-corrected chi connectivity index (χ2v) is 6.68. The number of nitrogens with two attached hydrogens (primary N) is 1. The van der Waals surface area contributed by atoms with E-state index in [4.69, 9.17) is 17.3 Å². The fraction of sp³-hybridized carbons (Fsp3) is 0.375. The van der Waals surface area contributed by atoms with E-state index in [-0.39, 0.29) is 5.91 Å². The van der Waals surface area contributed by atoms with E-state index in [9.17, 15) is 4.79 Å². The molecule has 1 amide bonds. The topological polar surface area (TPSA) is 118 Å². The number of benzene rings is 1. The van der Waals surface area contributed by atoms with Crippen molar-refractivity contribution in [3.05, 3.63) is 34.9 Å². The Kier molecular flexibility index (Phi) is 8.39. The average Bonchev–Trinajstić information content (AvgIpc) is 2.63. The van der Waals surface area contributed by atoms with Crippen molar-refractivity contribution in [3.8, 4) is 0 Å². The Morgan fingerprint density at radius 3 is 2.35 bits per heavy atom. The van der Waals surface area contributed by atoms with Crippen molar-refractivity contribution < 1.29 is 4.79 Å². The van der Waals surface area contributed by atoms with Gasteiger partial charge in [-0.25, -0.2) is 0 Å². The van der Waals surface area contributed by atoms with Gasteiger partial charge in [0.1, 0.15) is 0 Å². The molecular weight excluding hydrogens is 374 g/mol. The minimum absolute atomic E-state index is 0.0769. The first-order valence-corrected chi connectivity index (χ1v) is 9.48. The zero-order valence-electron chi connectivity index (χ0n) is 14.5. The van der Waals surface area contributed by atoms with Gasteiger partial charge in [0.25, 0.3) is 0 Å². The molecule has 0 aliphatic rings. The van der Waals surface area contributed by atoms with E-state index < -0.39 is 0 Å². The van der Waals surface area contributed by atoms with Crippen molar-refractivity contribution in [1.82, 2.24) is 20.3 Å². The molecule has 0 aliphatic heterocycles. The molecule has 0 atom stereocenters. The van der Waals surface area contributed by atoms with Gasteiger partial charge in [-0.05, 0) is 17.7 Å². The maximum atomic E-state index is 10.9. The minimum Gasteiger partial charge on any atom is -0.355 e. The van der Waals surface area contributed by atoms with Crippen molar-refractivity contribution >= 4 is 41.2 Å². The summed E-state index contributed by atoms with van der Waals surface area (Å²) in [6.07, 6.45) is 0. The highest BCUT2D eigenvalue weighted by atomic mass is 35.5.